The van der Waals surface area contributed by atoms with Crippen molar-refractivity contribution in [3.8, 4) is 78.3 Å². The van der Waals surface area contributed by atoms with Crippen LogP contribution in [0.1, 0.15) is 29.3 Å². The third kappa shape index (κ3) is 5.40. The van der Waals surface area contributed by atoms with Crippen LogP contribution in [0.2, 0.25) is 0 Å². The Hall–Kier alpha value is -6.71. The fourth-order valence-corrected chi connectivity index (χ4v) is 8.41. The van der Waals surface area contributed by atoms with Crippen molar-refractivity contribution in [3.05, 3.63) is 187 Å². The molecule has 256 valence electrons. The van der Waals surface area contributed by atoms with Gasteiger partial charge < -0.3 is 0 Å². The molecule has 0 saturated heterocycles. The summed E-state index contributed by atoms with van der Waals surface area (Å²) in [7, 11) is 0. The number of hydrogen-bond acceptors (Lipinski definition) is 3. The predicted molar refractivity (Wildman–Crippen MR) is 224 cm³/mol. The Labute approximate surface area is 316 Å². The van der Waals surface area contributed by atoms with E-state index in [0.717, 1.165) is 68.3 Å². The zero-order valence-electron chi connectivity index (χ0n) is 30.3. The predicted octanol–water partition coefficient (Wildman–Crippen LogP) is 13.2. The van der Waals surface area contributed by atoms with Crippen LogP contribution in [0.25, 0.3) is 89.1 Å². The molecule has 0 saturated carbocycles. The SMILES string of the molecule is Cc1ccccc1-c1nccc(-c2cc(-c3cc(-c4ccccc4)nc(C4C=CC=CC4)n3)cc(-c3ccc4c5c(cccc35)-c3ccccc3-4)c2)c1C. The van der Waals surface area contributed by atoms with Crippen LogP contribution in [0.5, 0.6) is 0 Å². The largest absolute Gasteiger partial charge is 0.256 e. The molecule has 6 aromatic carbocycles. The Morgan fingerprint density at radius 2 is 1.15 bits per heavy atom. The van der Waals surface area contributed by atoms with E-state index in [1.54, 1.807) is 0 Å². The quantitative estimate of drug-likeness (QED) is 0.174. The second-order valence-corrected chi connectivity index (χ2v) is 14.4. The van der Waals surface area contributed by atoms with E-state index < -0.39 is 0 Å². The van der Waals surface area contributed by atoms with Crippen molar-refractivity contribution in [1.82, 2.24) is 15.0 Å². The maximum atomic E-state index is 5.34. The van der Waals surface area contributed by atoms with Gasteiger partial charge in [0.25, 0.3) is 0 Å². The topological polar surface area (TPSA) is 38.7 Å². The van der Waals surface area contributed by atoms with Crippen molar-refractivity contribution in [2.45, 2.75) is 26.2 Å². The molecule has 10 rings (SSSR count). The number of nitrogens with zero attached hydrogens (tertiary/aromatic N) is 3. The molecular weight excluding hydrogens is 655 g/mol. The Morgan fingerprint density at radius 1 is 0.500 bits per heavy atom. The van der Waals surface area contributed by atoms with Crippen LogP contribution < -0.4 is 0 Å². The molecular formula is C51H37N3. The molecule has 0 amide bonds. The van der Waals surface area contributed by atoms with Crippen molar-refractivity contribution in [1.29, 1.82) is 0 Å². The van der Waals surface area contributed by atoms with Crippen molar-refractivity contribution >= 4 is 10.8 Å². The number of pyridine rings is 1. The highest BCUT2D eigenvalue weighted by molar-refractivity contribution is 6.18. The zero-order valence-corrected chi connectivity index (χ0v) is 30.3. The maximum absolute atomic E-state index is 5.34. The Morgan fingerprint density at radius 3 is 1.91 bits per heavy atom. The molecule has 2 aromatic heterocycles. The fraction of sp³-hybridized carbons (Fsp3) is 0.0784. The molecule has 1 unspecified atom stereocenters. The number of allylic oxidation sites excluding steroid dienone is 4. The number of aromatic nitrogens is 3. The van der Waals surface area contributed by atoms with E-state index in [0.29, 0.717) is 0 Å². The number of hydrogen-bond donors (Lipinski definition) is 0. The summed E-state index contributed by atoms with van der Waals surface area (Å²) in [6, 6.07) is 50.4. The minimum atomic E-state index is 0.109. The van der Waals surface area contributed by atoms with Crippen LogP contribution in [0.3, 0.4) is 0 Å². The molecule has 3 heteroatoms. The van der Waals surface area contributed by atoms with Gasteiger partial charge in [0.05, 0.1) is 17.1 Å². The second kappa shape index (κ2) is 13.1. The van der Waals surface area contributed by atoms with Gasteiger partial charge in [-0.25, -0.2) is 9.97 Å². The second-order valence-electron chi connectivity index (χ2n) is 14.4. The van der Waals surface area contributed by atoms with E-state index in [-0.39, 0.29) is 5.92 Å². The van der Waals surface area contributed by atoms with Crippen molar-refractivity contribution < 1.29 is 0 Å². The lowest BCUT2D eigenvalue weighted by Crippen LogP contribution is -2.05. The molecule has 2 aliphatic rings. The standard InChI is InChI=1S/C51H37N3/c1-32-14-9-10-19-39(32)50-33(2)40(26-27-52-50)36-28-37(41-24-25-46-43-21-12-11-20-42(43)45-23-13-22-44(41)49(45)46)30-38(29-36)48-31-47(34-15-5-3-6-16-34)53-51(54-48)35-17-7-4-8-18-35/h3-17,19-31,35H,18H2,1-2H3. The van der Waals surface area contributed by atoms with Crippen LogP contribution in [0.4, 0.5) is 0 Å². The third-order valence-corrected chi connectivity index (χ3v) is 11.1. The van der Waals surface area contributed by atoms with Gasteiger partial charge in [0.15, 0.2) is 0 Å². The molecule has 1 atom stereocenters. The first kappa shape index (κ1) is 32.0. The number of fused-ring (bicyclic) bond motifs is 3. The highest BCUT2D eigenvalue weighted by Crippen LogP contribution is 2.50. The van der Waals surface area contributed by atoms with Gasteiger partial charge in [-0.05, 0) is 117 Å². The lowest BCUT2D eigenvalue weighted by atomic mass is 9.89. The normalized spacial score (nSPS) is 14.1. The van der Waals surface area contributed by atoms with Crippen molar-refractivity contribution in [3.63, 3.8) is 0 Å². The van der Waals surface area contributed by atoms with E-state index in [9.17, 15) is 0 Å². The van der Waals surface area contributed by atoms with Gasteiger partial charge in [0.1, 0.15) is 5.82 Å². The van der Waals surface area contributed by atoms with Crippen LogP contribution >= 0.6 is 0 Å². The van der Waals surface area contributed by atoms with Gasteiger partial charge >= 0.3 is 0 Å². The van der Waals surface area contributed by atoms with Crippen LogP contribution in [0.15, 0.2) is 170 Å². The van der Waals surface area contributed by atoms with Crippen LogP contribution in [-0.4, -0.2) is 15.0 Å². The summed E-state index contributed by atoms with van der Waals surface area (Å²) < 4.78 is 0. The van der Waals surface area contributed by atoms with Gasteiger partial charge in [-0.3, -0.25) is 4.98 Å². The van der Waals surface area contributed by atoms with Gasteiger partial charge in [-0.1, -0.05) is 133 Å². The fourth-order valence-electron chi connectivity index (χ4n) is 8.41. The number of aryl methyl sites for hydroxylation is 1. The molecule has 3 nitrogen and oxygen atoms in total. The Balaban J connectivity index is 1.22. The Kier molecular flexibility index (Phi) is 7.73. The van der Waals surface area contributed by atoms with Crippen molar-refractivity contribution in [2.24, 2.45) is 0 Å². The molecule has 0 aliphatic heterocycles. The first-order valence-electron chi connectivity index (χ1n) is 18.7. The van der Waals surface area contributed by atoms with E-state index in [2.05, 4.69) is 178 Å². The summed E-state index contributed by atoms with van der Waals surface area (Å²) >= 11 is 0. The third-order valence-electron chi connectivity index (χ3n) is 11.1. The highest BCUT2D eigenvalue weighted by Gasteiger charge is 2.24. The summed E-state index contributed by atoms with van der Waals surface area (Å²) in [6.45, 7) is 4.36. The zero-order chi connectivity index (χ0) is 36.2. The average Bonchev–Trinajstić information content (AvgIpc) is 3.56. The lowest BCUT2D eigenvalue weighted by molar-refractivity contribution is 0.775. The van der Waals surface area contributed by atoms with E-state index >= 15 is 0 Å². The summed E-state index contributed by atoms with van der Waals surface area (Å²) in [5.74, 6) is 0.946. The van der Waals surface area contributed by atoms with Crippen LogP contribution in [-0.2, 0) is 0 Å². The molecule has 0 spiro atoms. The lowest BCUT2D eigenvalue weighted by Gasteiger charge is -2.18. The van der Waals surface area contributed by atoms with E-state index in [1.165, 1.54) is 44.2 Å². The summed E-state index contributed by atoms with van der Waals surface area (Å²) in [5, 5.41) is 2.57. The van der Waals surface area contributed by atoms with Gasteiger partial charge in [0.2, 0.25) is 0 Å². The number of rotatable bonds is 6. The van der Waals surface area contributed by atoms with E-state index in [4.69, 9.17) is 15.0 Å². The summed E-state index contributed by atoms with van der Waals surface area (Å²) in [5.41, 5.74) is 18.3. The number of benzene rings is 6. The summed E-state index contributed by atoms with van der Waals surface area (Å²) in [6.07, 6.45) is 11.5. The summed E-state index contributed by atoms with van der Waals surface area (Å²) in [4.78, 5) is 15.4. The molecule has 0 fully saturated rings. The highest BCUT2D eigenvalue weighted by atomic mass is 14.9. The first-order valence-corrected chi connectivity index (χ1v) is 18.7. The monoisotopic (exact) mass is 691 g/mol. The Bertz CT molecular complexity index is 2800. The van der Waals surface area contributed by atoms with Crippen LogP contribution in [0, 0.1) is 13.8 Å². The minimum absolute atomic E-state index is 0.109. The molecule has 2 aliphatic carbocycles. The molecule has 54 heavy (non-hydrogen) atoms. The molecule has 0 bridgehead atoms. The maximum Gasteiger partial charge on any atom is 0.136 e. The van der Waals surface area contributed by atoms with Gasteiger partial charge in [0, 0.05) is 28.8 Å². The molecule has 8 aromatic rings. The average molecular weight is 692 g/mol. The minimum Gasteiger partial charge on any atom is -0.256 e. The van der Waals surface area contributed by atoms with Gasteiger partial charge in [-0.2, -0.15) is 0 Å². The van der Waals surface area contributed by atoms with Crippen molar-refractivity contribution in [2.75, 3.05) is 0 Å². The molecule has 2 heterocycles. The smallest absolute Gasteiger partial charge is 0.136 e. The molecule has 0 N–H and O–H groups in total. The van der Waals surface area contributed by atoms with Gasteiger partial charge in [-0.15, -0.1) is 0 Å². The van der Waals surface area contributed by atoms with E-state index in [1.807, 2.05) is 6.20 Å². The first-order chi connectivity index (χ1) is 26.6. The molecule has 0 radical (unpaired) electrons.